The number of amides is 3. The van der Waals surface area contributed by atoms with Gasteiger partial charge in [0, 0.05) is 13.1 Å². The fraction of sp³-hybridized carbons (Fsp3) is 0.467. The van der Waals surface area contributed by atoms with E-state index >= 15 is 0 Å². The Bertz CT molecular complexity index is 2170. The Kier molecular flexibility index (Phi) is 11.1. The highest BCUT2D eigenvalue weighted by molar-refractivity contribution is 5.88. The molecule has 13 nitrogen and oxygen atoms in total. The molecule has 0 radical (unpaired) electrons. The van der Waals surface area contributed by atoms with Crippen molar-refractivity contribution in [1.82, 2.24) is 35.1 Å². The van der Waals surface area contributed by atoms with Crippen LogP contribution in [-0.2, 0) is 23.9 Å². The van der Waals surface area contributed by atoms with Crippen LogP contribution in [0.5, 0.6) is 0 Å². The molecule has 58 heavy (non-hydrogen) atoms. The minimum Gasteiger partial charge on any atom is -0.469 e. The Morgan fingerprint density at radius 1 is 0.690 bits per heavy atom. The lowest BCUT2D eigenvalue weighted by Crippen LogP contribution is -2.54. The molecule has 2 aliphatic heterocycles. The van der Waals surface area contributed by atoms with Crippen molar-refractivity contribution in [1.29, 1.82) is 0 Å². The van der Waals surface area contributed by atoms with Crippen molar-refractivity contribution >= 4 is 45.9 Å². The molecule has 3 amide bonds. The Morgan fingerprint density at radius 2 is 1.16 bits per heavy atom. The summed E-state index contributed by atoms with van der Waals surface area (Å²) in [7, 11) is 2.65. The van der Waals surface area contributed by atoms with Crippen LogP contribution in [0.25, 0.3) is 44.3 Å². The molecular weight excluding hydrogens is 735 g/mol. The number of aromatic nitrogens is 4. The van der Waals surface area contributed by atoms with Crippen molar-refractivity contribution in [2.75, 3.05) is 27.3 Å². The van der Waals surface area contributed by atoms with Gasteiger partial charge < -0.3 is 34.6 Å². The second kappa shape index (κ2) is 15.9. The van der Waals surface area contributed by atoms with Gasteiger partial charge >= 0.3 is 12.1 Å². The largest absolute Gasteiger partial charge is 0.469 e. The number of fused-ring (bicyclic) bond motifs is 2. The van der Waals surface area contributed by atoms with Crippen molar-refractivity contribution in [3.8, 4) is 22.3 Å². The number of likely N-dealkylation sites (tertiary alicyclic amines) is 2. The third-order valence-electron chi connectivity index (χ3n) is 11.8. The number of esters is 1. The number of carbonyl (C=O) groups excluding carboxylic acids is 4. The summed E-state index contributed by atoms with van der Waals surface area (Å²) >= 11 is 0. The van der Waals surface area contributed by atoms with E-state index in [2.05, 4.69) is 63.8 Å². The molecule has 13 heteroatoms. The summed E-state index contributed by atoms with van der Waals surface area (Å²) in [6, 6.07) is 19.6. The minimum atomic E-state index is -0.744. The Morgan fingerprint density at radius 3 is 1.59 bits per heavy atom. The summed E-state index contributed by atoms with van der Waals surface area (Å²) in [6.45, 7) is 12.9. The number of hydrogen-bond donors (Lipinski definition) is 3. The molecule has 0 saturated carbocycles. The molecule has 2 aromatic heterocycles. The predicted octanol–water partition coefficient (Wildman–Crippen LogP) is 8.10. The molecule has 2 aliphatic rings. The number of rotatable bonds is 9. The maximum absolute atomic E-state index is 13.9. The first-order valence-electron chi connectivity index (χ1n) is 20.2. The Balaban J connectivity index is 1.07. The number of nitrogens with zero attached hydrogens (tertiary/aromatic N) is 4. The van der Waals surface area contributed by atoms with Crippen LogP contribution in [0, 0.1) is 16.7 Å². The predicted molar refractivity (Wildman–Crippen MR) is 222 cm³/mol. The lowest BCUT2D eigenvalue weighted by Gasteiger charge is -2.34. The van der Waals surface area contributed by atoms with Crippen LogP contribution in [0.15, 0.2) is 60.7 Å². The number of aromatic amines is 2. The third-order valence-corrected chi connectivity index (χ3v) is 11.8. The number of nitrogens with one attached hydrogen (secondary N) is 3. The molecule has 4 atom stereocenters. The van der Waals surface area contributed by atoms with Crippen molar-refractivity contribution in [3.05, 3.63) is 72.3 Å². The first kappa shape index (κ1) is 40.5. The van der Waals surface area contributed by atoms with Crippen molar-refractivity contribution in [2.24, 2.45) is 16.7 Å². The highest BCUT2D eigenvalue weighted by atomic mass is 16.5. The van der Waals surface area contributed by atoms with E-state index in [1.165, 1.54) is 14.2 Å². The van der Waals surface area contributed by atoms with E-state index in [1.54, 1.807) is 0 Å². The van der Waals surface area contributed by atoms with Crippen LogP contribution in [0.1, 0.15) is 97.4 Å². The first-order chi connectivity index (χ1) is 27.5. The molecule has 4 heterocycles. The topological polar surface area (TPSA) is 163 Å². The zero-order chi connectivity index (χ0) is 41.5. The zero-order valence-corrected chi connectivity index (χ0v) is 34.8. The van der Waals surface area contributed by atoms with Gasteiger partial charge in [-0.2, -0.15) is 0 Å². The summed E-state index contributed by atoms with van der Waals surface area (Å²) in [5, 5.41) is 2.75. The zero-order valence-electron chi connectivity index (χ0n) is 34.8. The standard InChI is InChI=1S/C45H55N7O6/c1-44(2,3)30(25-37(53)57-7)41(54)51-21-9-11-35(51)39-46-31-19-17-28(23-33(31)48-39)26-13-15-27(16-14-26)29-18-20-32-34(24-29)49-40(47-32)36-12-10-22-52(36)42(55)38(45(4,5)6)50-43(56)58-8/h13-20,23-24,30,35-36,38H,9-12,21-22,25H2,1-8H3,(H,46,48)(H,47,49)(H,50,56). The van der Waals surface area contributed by atoms with Gasteiger partial charge in [-0.3, -0.25) is 14.4 Å². The molecule has 3 N–H and O–H groups in total. The maximum atomic E-state index is 13.9. The van der Waals surface area contributed by atoms with Crippen molar-refractivity contribution < 1.29 is 28.7 Å². The van der Waals surface area contributed by atoms with Crippen molar-refractivity contribution in [3.63, 3.8) is 0 Å². The highest BCUT2D eigenvalue weighted by Gasteiger charge is 2.42. The van der Waals surface area contributed by atoms with Crippen molar-refractivity contribution in [2.45, 2.75) is 91.8 Å². The van der Waals surface area contributed by atoms with Gasteiger partial charge in [0.05, 0.1) is 60.7 Å². The van der Waals surface area contributed by atoms with Gasteiger partial charge in [-0.25, -0.2) is 14.8 Å². The average molecular weight is 790 g/mol. The molecule has 306 valence electrons. The van der Waals surface area contributed by atoms with Crippen LogP contribution >= 0.6 is 0 Å². The molecule has 3 aromatic carbocycles. The number of H-pyrrole nitrogens is 2. The lowest BCUT2D eigenvalue weighted by atomic mass is 9.77. The van der Waals surface area contributed by atoms with E-state index in [-0.39, 0.29) is 36.3 Å². The first-order valence-corrected chi connectivity index (χ1v) is 20.2. The van der Waals surface area contributed by atoms with Crippen LogP contribution in [0.4, 0.5) is 4.79 Å². The number of benzene rings is 3. The summed E-state index contributed by atoms with van der Waals surface area (Å²) < 4.78 is 9.75. The van der Waals surface area contributed by atoms with Crippen LogP contribution < -0.4 is 5.32 Å². The van der Waals surface area contributed by atoms with Gasteiger partial charge in [-0.05, 0) is 83.0 Å². The molecule has 4 unspecified atom stereocenters. The number of hydrogen-bond acceptors (Lipinski definition) is 8. The molecule has 2 saturated heterocycles. The molecule has 5 aromatic rings. The van der Waals surface area contributed by atoms with E-state index in [1.807, 2.05) is 63.5 Å². The quantitative estimate of drug-likeness (QED) is 0.126. The summed E-state index contributed by atoms with van der Waals surface area (Å²) in [5.74, 6) is 0.423. The number of carbonyl (C=O) groups is 4. The number of alkyl carbamates (subject to hydrolysis) is 1. The minimum absolute atomic E-state index is 0.0400. The molecule has 0 aliphatic carbocycles. The normalized spacial score (nSPS) is 18.4. The monoisotopic (exact) mass is 789 g/mol. The summed E-state index contributed by atoms with van der Waals surface area (Å²) in [4.78, 5) is 72.7. The van der Waals surface area contributed by atoms with Crippen LogP contribution in [0.2, 0.25) is 0 Å². The second-order valence-electron chi connectivity index (χ2n) is 17.8. The fourth-order valence-corrected chi connectivity index (χ4v) is 8.42. The molecule has 0 spiro atoms. The van der Waals surface area contributed by atoms with Gasteiger partial charge in [0.25, 0.3) is 0 Å². The van der Waals surface area contributed by atoms with Gasteiger partial charge in [0.1, 0.15) is 17.7 Å². The second-order valence-corrected chi connectivity index (χ2v) is 17.8. The van der Waals surface area contributed by atoms with Gasteiger partial charge in [-0.1, -0.05) is 77.9 Å². The SMILES string of the molecule is COC(=O)CC(C(=O)N1CCCC1c1nc2ccc(-c3ccc(-c4ccc5nc(C6CCCN6C(=O)C(NC(=O)OC)C(C)(C)C)[nH]c5c4)cc3)cc2[nH]1)C(C)(C)C. The molecule has 7 rings (SSSR count). The lowest BCUT2D eigenvalue weighted by molar-refractivity contribution is -0.150. The molecular formula is C45H55N7O6. The molecule has 2 fully saturated rings. The van der Waals surface area contributed by atoms with E-state index in [0.717, 1.165) is 81.7 Å². The highest BCUT2D eigenvalue weighted by Crippen LogP contribution is 2.39. The van der Waals surface area contributed by atoms with Crippen LogP contribution in [0.3, 0.4) is 0 Å². The number of imidazole rings is 2. The number of ether oxygens (including phenoxy) is 2. The molecule has 0 bridgehead atoms. The van der Waals surface area contributed by atoms with E-state index in [0.29, 0.717) is 13.1 Å². The van der Waals surface area contributed by atoms with E-state index in [9.17, 15) is 19.2 Å². The maximum Gasteiger partial charge on any atom is 0.407 e. The van der Waals surface area contributed by atoms with Gasteiger partial charge in [0.2, 0.25) is 11.8 Å². The van der Waals surface area contributed by atoms with E-state index in [4.69, 9.17) is 19.4 Å². The van der Waals surface area contributed by atoms with Crippen LogP contribution in [-0.4, -0.2) is 87.0 Å². The summed E-state index contributed by atoms with van der Waals surface area (Å²) in [5.41, 5.74) is 6.70. The fourth-order valence-electron chi connectivity index (χ4n) is 8.42. The Labute approximate surface area is 339 Å². The third kappa shape index (κ3) is 8.17. The summed E-state index contributed by atoms with van der Waals surface area (Å²) in [6.07, 6.45) is 2.69. The van der Waals surface area contributed by atoms with Gasteiger partial charge in [-0.15, -0.1) is 0 Å². The number of methoxy groups -OCH3 is 2. The smallest absolute Gasteiger partial charge is 0.407 e. The Hall–Kier alpha value is -5.72. The average Bonchev–Trinajstić information content (AvgIpc) is 4.02. The van der Waals surface area contributed by atoms with Gasteiger partial charge in [0.15, 0.2) is 0 Å². The van der Waals surface area contributed by atoms with E-state index < -0.39 is 28.9 Å².